The minimum atomic E-state index is -0.373. The van der Waals surface area contributed by atoms with Crippen LogP contribution in [0.15, 0.2) is 0 Å². The zero-order chi connectivity index (χ0) is 13.7. The number of carbonyl (C=O) groups excluding carboxylic acids is 1. The van der Waals surface area contributed by atoms with E-state index >= 15 is 0 Å². The molecule has 0 fully saturated rings. The highest BCUT2D eigenvalue weighted by Gasteiger charge is 2.38. The first-order chi connectivity index (χ1) is 7.77. The lowest BCUT2D eigenvalue weighted by atomic mass is 9.82. The van der Waals surface area contributed by atoms with Crippen molar-refractivity contribution in [2.24, 2.45) is 11.3 Å². The van der Waals surface area contributed by atoms with Crippen LogP contribution in [0.1, 0.15) is 74.1 Å². The van der Waals surface area contributed by atoms with Gasteiger partial charge < -0.3 is 4.74 Å². The van der Waals surface area contributed by atoms with Gasteiger partial charge in [-0.2, -0.15) is 0 Å². The summed E-state index contributed by atoms with van der Waals surface area (Å²) in [4.78, 5) is 12.2. The third-order valence-electron chi connectivity index (χ3n) is 4.31. The van der Waals surface area contributed by atoms with Crippen molar-refractivity contribution >= 4 is 5.97 Å². The van der Waals surface area contributed by atoms with E-state index in [9.17, 15) is 4.79 Å². The third-order valence-corrected chi connectivity index (χ3v) is 4.31. The lowest BCUT2D eigenvalue weighted by Gasteiger charge is -2.38. The Morgan fingerprint density at radius 2 is 1.47 bits per heavy atom. The molecule has 0 bridgehead atoms. The Bertz CT molecular complexity index is 241. The molecule has 102 valence electrons. The first kappa shape index (κ1) is 16.5. The second-order valence-electron chi connectivity index (χ2n) is 5.81. The quantitative estimate of drug-likeness (QED) is 0.611. The molecular formula is C15H30O2. The van der Waals surface area contributed by atoms with Crippen molar-refractivity contribution in [2.45, 2.75) is 79.8 Å². The van der Waals surface area contributed by atoms with E-state index in [1.807, 2.05) is 20.8 Å². The van der Waals surface area contributed by atoms with Gasteiger partial charge in [-0.1, -0.05) is 27.7 Å². The fraction of sp³-hybridized carbons (Fsp3) is 0.933. The number of rotatable bonds is 7. The van der Waals surface area contributed by atoms with Crippen LogP contribution in [-0.2, 0) is 9.53 Å². The highest BCUT2D eigenvalue weighted by atomic mass is 16.6. The molecule has 0 aliphatic heterocycles. The monoisotopic (exact) mass is 242 g/mol. The lowest BCUT2D eigenvalue weighted by molar-refractivity contribution is -0.176. The van der Waals surface area contributed by atoms with Crippen LogP contribution < -0.4 is 0 Å². The molecule has 0 aliphatic carbocycles. The summed E-state index contributed by atoms with van der Waals surface area (Å²) in [6.45, 7) is 14.5. The van der Waals surface area contributed by atoms with Gasteiger partial charge in [0.25, 0.3) is 0 Å². The Morgan fingerprint density at radius 3 is 1.76 bits per heavy atom. The molecule has 0 saturated heterocycles. The molecule has 17 heavy (non-hydrogen) atoms. The van der Waals surface area contributed by atoms with Crippen molar-refractivity contribution in [3.63, 3.8) is 0 Å². The van der Waals surface area contributed by atoms with E-state index in [2.05, 4.69) is 27.7 Å². The maximum Gasteiger partial charge on any atom is 0.312 e. The molecule has 2 nitrogen and oxygen atoms in total. The summed E-state index contributed by atoms with van der Waals surface area (Å²) in [7, 11) is 0. The molecule has 0 amide bonds. The molecule has 0 saturated carbocycles. The van der Waals surface area contributed by atoms with Gasteiger partial charge in [0.05, 0.1) is 5.41 Å². The van der Waals surface area contributed by atoms with Crippen molar-refractivity contribution in [2.75, 3.05) is 0 Å². The Morgan fingerprint density at radius 1 is 1.00 bits per heavy atom. The molecule has 0 radical (unpaired) electrons. The van der Waals surface area contributed by atoms with Gasteiger partial charge in [-0.05, 0) is 52.4 Å². The Labute approximate surface area is 107 Å². The smallest absolute Gasteiger partial charge is 0.312 e. The predicted octanol–water partition coefficient (Wildman–Crippen LogP) is 4.57. The topological polar surface area (TPSA) is 26.3 Å². The van der Waals surface area contributed by atoms with Crippen molar-refractivity contribution in [1.82, 2.24) is 0 Å². The summed E-state index contributed by atoms with van der Waals surface area (Å²) in [5, 5.41) is 0. The second kappa shape index (κ2) is 6.42. The average molecular weight is 242 g/mol. The van der Waals surface area contributed by atoms with E-state index in [4.69, 9.17) is 4.74 Å². The van der Waals surface area contributed by atoms with Crippen molar-refractivity contribution < 1.29 is 9.53 Å². The first-order valence-corrected chi connectivity index (χ1v) is 7.00. The molecule has 0 aromatic rings. The van der Waals surface area contributed by atoms with E-state index in [-0.39, 0.29) is 17.0 Å². The van der Waals surface area contributed by atoms with Gasteiger partial charge in [-0.3, -0.25) is 4.79 Å². The Kier molecular flexibility index (Phi) is 6.22. The molecule has 0 aromatic heterocycles. The zero-order valence-corrected chi connectivity index (χ0v) is 12.7. The Hall–Kier alpha value is -0.530. The molecule has 0 rings (SSSR count). The van der Waals surface area contributed by atoms with Gasteiger partial charge in [0.2, 0.25) is 0 Å². The fourth-order valence-corrected chi connectivity index (χ4v) is 2.09. The molecule has 0 heterocycles. The number of esters is 1. The molecule has 0 aromatic carbocycles. The van der Waals surface area contributed by atoms with Crippen molar-refractivity contribution in [3.8, 4) is 0 Å². The first-order valence-electron chi connectivity index (χ1n) is 7.00. The maximum absolute atomic E-state index is 12.2. The van der Waals surface area contributed by atoms with Crippen molar-refractivity contribution in [3.05, 3.63) is 0 Å². The van der Waals surface area contributed by atoms with Gasteiger partial charge in [-0.25, -0.2) is 0 Å². The van der Waals surface area contributed by atoms with E-state index in [0.29, 0.717) is 5.92 Å². The SMILES string of the molecule is CCC(CC)C(C)(CC)OC(=O)C(C)(C)CC. The second-order valence-corrected chi connectivity index (χ2v) is 5.81. The van der Waals surface area contributed by atoms with Gasteiger partial charge in [0.1, 0.15) is 5.60 Å². The van der Waals surface area contributed by atoms with Crippen LogP contribution in [0.2, 0.25) is 0 Å². The molecule has 1 unspecified atom stereocenters. The highest BCUT2D eigenvalue weighted by Crippen LogP contribution is 2.34. The van der Waals surface area contributed by atoms with E-state index in [1.54, 1.807) is 0 Å². The number of ether oxygens (including phenoxy) is 1. The normalized spacial score (nSPS) is 15.8. The number of hydrogen-bond acceptors (Lipinski definition) is 2. The summed E-state index contributed by atoms with van der Waals surface area (Å²) in [5.41, 5.74) is -0.685. The number of carbonyl (C=O) groups is 1. The molecule has 0 spiro atoms. The van der Waals surface area contributed by atoms with E-state index < -0.39 is 0 Å². The van der Waals surface area contributed by atoms with Crippen LogP contribution in [0.25, 0.3) is 0 Å². The van der Waals surface area contributed by atoms with Gasteiger partial charge in [-0.15, -0.1) is 0 Å². The molecule has 2 heteroatoms. The summed E-state index contributed by atoms with van der Waals surface area (Å²) in [5.74, 6) is 0.389. The van der Waals surface area contributed by atoms with Crippen LogP contribution in [0.4, 0.5) is 0 Å². The minimum absolute atomic E-state index is 0.0590. The van der Waals surface area contributed by atoms with E-state index in [0.717, 1.165) is 25.7 Å². The van der Waals surface area contributed by atoms with Crippen LogP contribution in [-0.4, -0.2) is 11.6 Å². The van der Waals surface area contributed by atoms with E-state index in [1.165, 1.54) is 0 Å². The lowest BCUT2D eigenvalue weighted by Crippen LogP contribution is -2.42. The highest BCUT2D eigenvalue weighted by molar-refractivity contribution is 5.76. The van der Waals surface area contributed by atoms with Crippen LogP contribution in [0, 0.1) is 11.3 Å². The summed E-state index contributed by atoms with van der Waals surface area (Å²) in [6, 6.07) is 0. The predicted molar refractivity (Wildman–Crippen MR) is 72.9 cm³/mol. The maximum atomic E-state index is 12.2. The zero-order valence-electron chi connectivity index (χ0n) is 12.7. The van der Waals surface area contributed by atoms with Crippen LogP contribution in [0.3, 0.4) is 0 Å². The summed E-state index contributed by atoms with van der Waals surface area (Å²) >= 11 is 0. The average Bonchev–Trinajstić information content (AvgIpc) is 2.30. The summed E-state index contributed by atoms with van der Waals surface area (Å²) in [6.07, 6.45) is 3.81. The largest absolute Gasteiger partial charge is 0.459 e. The van der Waals surface area contributed by atoms with Crippen molar-refractivity contribution in [1.29, 1.82) is 0 Å². The van der Waals surface area contributed by atoms with Gasteiger partial charge in [0.15, 0.2) is 0 Å². The molecule has 0 N–H and O–H groups in total. The van der Waals surface area contributed by atoms with Gasteiger partial charge in [0, 0.05) is 0 Å². The van der Waals surface area contributed by atoms with Crippen LogP contribution >= 0.6 is 0 Å². The Balaban J connectivity index is 4.86. The molecule has 1 atom stereocenters. The fourth-order valence-electron chi connectivity index (χ4n) is 2.09. The minimum Gasteiger partial charge on any atom is -0.459 e. The van der Waals surface area contributed by atoms with Crippen LogP contribution in [0.5, 0.6) is 0 Å². The summed E-state index contributed by atoms with van der Waals surface area (Å²) < 4.78 is 5.85. The standard InChI is InChI=1S/C15H30O2/c1-8-12(9-2)15(7,11-4)17-13(16)14(5,6)10-3/h12H,8-11H2,1-7H3. The van der Waals surface area contributed by atoms with Gasteiger partial charge >= 0.3 is 5.97 Å². The molecular weight excluding hydrogens is 212 g/mol. The number of hydrogen-bond donors (Lipinski definition) is 0. The molecule has 0 aliphatic rings. The third kappa shape index (κ3) is 4.01.